The minimum Gasteiger partial charge on any atom is -0.491 e. The van der Waals surface area contributed by atoms with Crippen LogP contribution in [-0.4, -0.2) is 76.9 Å². The molecule has 0 fully saturated rings. The molecule has 1 amide bonds. The van der Waals surface area contributed by atoms with E-state index in [2.05, 4.69) is 9.88 Å². The van der Waals surface area contributed by atoms with Crippen LogP contribution in [0, 0.1) is 0 Å². The van der Waals surface area contributed by atoms with Gasteiger partial charge in [-0.25, -0.2) is 0 Å². The lowest BCUT2D eigenvalue weighted by Crippen LogP contribution is -2.44. The summed E-state index contributed by atoms with van der Waals surface area (Å²) in [5.41, 5.74) is 3.37. The zero-order valence-electron chi connectivity index (χ0n) is 25.6. The van der Waals surface area contributed by atoms with Crippen molar-refractivity contribution in [1.29, 1.82) is 0 Å². The van der Waals surface area contributed by atoms with Crippen LogP contribution in [-0.2, 0) is 13.0 Å². The van der Waals surface area contributed by atoms with Gasteiger partial charge in [-0.05, 0) is 66.1 Å². The molecule has 0 saturated heterocycles. The van der Waals surface area contributed by atoms with E-state index in [0.29, 0.717) is 47.8 Å². The fourth-order valence-electron chi connectivity index (χ4n) is 5.20. The van der Waals surface area contributed by atoms with Crippen LogP contribution < -0.4 is 9.47 Å². The lowest BCUT2D eigenvalue weighted by Gasteiger charge is -2.32. The molecule has 0 aliphatic carbocycles. The Morgan fingerprint density at radius 3 is 2.24 bits per heavy atom. The standard InChI is InChI=1S/C37H39N3O5/c1-39(2)37(43)29-15-18-34-35(22-29)38-20-19-36(34)45-33-16-13-27(14-17-33)21-30(25-41)40(23-28-9-5-3-6-10-28)24-31(42)26-44-32-11-7-4-8-12-32/h3-20,22,30-31,41-42H,21,23-26H2,1-2H3/t30-,31-/m0/s1. The van der Waals surface area contributed by atoms with E-state index in [4.69, 9.17) is 9.47 Å². The van der Waals surface area contributed by atoms with E-state index >= 15 is 0 Å². The number of ether oxygens (including phenoxy) is 2. The van der Waals surface area contributed by atoms with Crippen molar-refractivity contribution in [3.63, 3.8) is 0 Å². The molecule has 8 nitrogen and oxygen atoms in total. The van der Waals surface area contributed by atoms with Gasteiger partial charge in [0.15, 0.2) is 0 Å². The predicted molar refractivity (Wildman–Crippen MR) is 176 cm³/mol. The maximum Gasteiger partial charge on any atom is 0.253 e. The van der Waals surface area contributed by atoms with E-state index in [1.54, 1.807) is 38.5 Å². The third kappa shape index (κ3) is 8.67. The predicted octanol–water partition coefficient (Wildman–Crippen LogP) is 5.57. The second-order valence-electron chi connectivity index (χ2n) is 11.2. The molecule has 0 radical (unpaired) electrons. The smallest absolute Gasteiger partial charge is 0.253 e. The quantitative estimate of drug-likeness (QED) is 0.171. The summed E-state index contributed by atoms with van der Waals surface area (Å²) in [4.78, 5) is 20.5. The van der Waals surface area contributed by atoms with Crippen LogP contribution >= 0.6 is 0 Å². The number of carbonyl (C=O) groups excluding carboxylic acids is 1. The van der Waals surface area contributed by atoms with E-state index in [1.807, 2.05) is 91.0 Å². The van der Waals surface area contributed by atoms with Crippen molar-refractivity contribution in [3.8, 4) is 17.2 Å². The molecule has 0 unspecified atom stereocenters. The lowest BCUT2D eigenvalue weighted by molar-refractivity contribution is 0.0335. The highest BCUT2D eigenvalue weighted by atomic mass is 16.5. The Labute approximate surface area is 264 Å². The molecule has 0 bridgehead atoms. The number of aromatic nitrogens is 1. The summed E-state index contributed by atoms with van der Waals surface area (Å²) in [6.45, 7) is 0.993. The number of fused-ring (bicyclic) bond motifs is 1. The molecule has 2 atom stereocenters. The van der Waals surface area contributed by atoms with Gasteiger partial charge in [0.25, 0.3) is 5.91 Å². The topological polar surface area (TPSA) is 95.4 Å². The number of pyridine rings is 1. The van der Waals surface area contributed by atoms with Crippen molar-refractivity contribution in [2.24, 2.45) is 0 Å². The van der Waals surface area contributed by atoms with Crippen molar-refractivity contribution in [2.45, 2.75) is 25.1 Å². The van der Waals surface area contributed by atoms with E-state index < -0.39 is 6.10 Å². The highest BCUT2D eigenvalue weighted by Gasteiger charge is 2.22. The Bertz CT molecular complexity index is 1660. The first-order valence-corrected chi connectivity index (χ1v) is 15.0. The van der Waals surface area contributed by atoms with Crippen LogP contribution in [0.1, 0.15) is 21.5 Å². The van der Waals surface area contributed by atoms with Crippen molar-refractivity contribution in [3.05, 3.63) is 132 Å². The highest BCUT2D eigenvalue weighted by Crippen LogP contribution is 2.30. The molecule has 0 saturated carbocycles. The van der Waals surface area contributed by atoms with Gasteiger partial charge in [0, 0.05) is 50.4 Å². The van der Waals surface area contributed by atoms with Crippen molar-refractivity contribution in [2.75, 3.05) is 33.9 Å². The summed E-state index contributed by atoms with van der Waals surface area (Å²) in [5.74, 6) is 1.93. The van der Waals surface area contributed by atoms with Crippen molar-refractivity contribution >= 4 is 16.8 Å². The Morgan fingerprint density at radius 1 is 0.844 bits per heavy atom. The normalized spacial score (nSPS) is 12.6. The average Bonchev–Trinajstić information content (AvgIpc) is 3.07. The SMILES string of the molecule is CN(C)C(=O)c1ccc2c(Oc3ccc(C[C@@H](CO)N(Cc4ccccc4)C[C@H](O)COc4ccccc4)cc3)ccnc2c1. The zero-order chi connectivity index (χ0) is 31.6. The summed E-state index contributed by atoms with van der Waals surface area (Å²) < 4.78 is 12.0. The number of para-hydroxylation sites is 1. The first kappa shape index (κ1) is 31.7. The number of benzene rings is 4. The zero-order valence-corrected chi connectivity index (χ0v) is 25.6. The van der Waals surface area contributed by atoms with Gasteiger partial charge in [-0.3, -0.25) is 14.7 Å². The van der Waals surface area contributed by atoms with E-state index in [9.17, 15) is 15.0 Å². The number of amides is 1. The number of nitrogens with zero attached hydrogens (tertiary/aromatic N) is 3. The van der Waals surface area contributed by atoms with Gasteiger partial charge in [0.05, 0.1) is 12.1 Å². The van der Waals surface area contributed by atoms with Crippen LogP contribution in [0.5, 0.6) is 17.2 Å². The number of rotatable bonds is 14. The van der Waals surface area contributed by atoms with Gasteiger partial charge in [0.2, 0.25) is 0 Å². The van der Waals surface area contributed by atoms with Crippen LogP contribution in [0.3, 0.4) is 0 Å². The van der Waals surface area contributed by atoms with Crippen LogP contribution in [0.4, 0.5) is 0 Å². The summed E-state index contributed by atoms with van der Waals surface area (Å²) >= 11 is 0. The molecule has 2 N–H and O–H groups in total. The first-order valence-electron chi connectivity index (χ1n) is 15.0. The van der Waals surface area contributed by atoms with Gasteiger partial charge in [-0.15, -0.1) is 0 Å². The van der Waals surface area contributed by atoms with E-state index in [1.165, 1.54) is 4.90 Å². The lowest BCUT2D eigenvalue weighted by atomic mass is 10.0. The summed E-state index contributed by atoms with van der Waals surface area (Å²) in [6.07, 6.45) is 1.50. The molecule has 45 heavy (non-hydrogen) atoms. The second kappa shape index (κ2) is 15.3. The van der Waals surface area contributed by atoms with Crippen LogP contribution in [0.15, 0.2) is 115 Å². The molecule has 0 spiro atoms. The van der Waals surface area contributed by atoms with Gasteiger partial charge >= 0.3 is 0 Å². The molecule has 1 aromatic heterocycles. The van der Waals surface area contributed by atoms with Gasteiger partial charge < -0.3 is 24.6 Å². The van der Waals surface area contributed by atoms with Gasteiger partial charge in [-0.2, -0.15) is 0 Å². The van der Waals surface area contributed by atoms with Crippen molar-refractivity contribution < 1.29 is 24.5 Å². The molecule has 232 valence electrons. The van der Waals surface area contributed by atoms with Crippen LogP contribution in [0.2, 0.25) is 0 Å². The first-order chi connectivity index (χ1) is 21.9. The molecule has 4 aromatic carbocycles. The number of carbonyl (C=O) groups is 1. The second-order valence-corrected chi connectivity index (χ2v) is 11.2. The highest BCUT2D eigenvalue weighted by molar-refractivity contribution is 5.98. The van der Waals surface area contributed by atoms with Gasteiger partial charge in [0.1, 0.15) is 30.0 Å². The molecule has 5 rings (SSSR count). The molecular weight excluding hydrogens is 566 g/mol. The van der Waals surface area contributed by atoms with E-state index in [0.717, 1.165) is 16.5 Å². The number of hydrogen-bond acceptors (Lipinski definition) is 7. The fourth-order valence-corrected chi connectivity index (χ4v) is 5.20. The molecular formula is C37H39N3O5. The van der Waals surface area contributed by atoms with Crippen LogP contribution in [0.25, 0.3) is 10.9 Å². The number of hydrogen-bond donors (Lipinski definition) is 2. The summed E-state index contributed by atoms with van der Waals surface area (Å²) in [6, 6.07) is 34.3. The monoisotopic (exact) mass is 605 g/mol. The number of aliphatic hydroxyl groups excluding tert-OH is 2. The third-order valence-electron chi connectivity index (χ3n) is 7.56. The Kier molecular flexibility index (Phi) is 10.8. The Balaban J connectivity index is 1.27. The molecule has 5 aromatic rings. The molecule has 0 aliphatic heterocycles. The Hall–Kier alpha value is -4.76. The maximum absolute atomic E-state index is 12.4. The molecule has 8 heteroatoms. The van der Waals surface area contributed by atoms with E-state index in [-0.39, 0.29) is 25.2 Å². The average molecular weight is 606 g/mol. The minimum atomic E-state index is -0.744. The molecule has 1 heterocycles. The Morgan fingerprint density at radius 2 is 1.56 bits per heavy atom. The largest absolute Gasteiger partial charge is 0.491 e. The number of aliphatic hydroxyl groups is 2. The maximum atomic E-state index is 12.4. The molecule has 0 aliphatic rings. The summed E-state index contributed by atoms with van der Waals surface area (Å²) in [7, 11) is 3.44. The summed E-state index contributed by atoms with van der Waals surface area (Å²) in [5, 5.41) is 22.2. The minimum absolute atomic E-state index is 0.0708. The van der Waals surface area contributed by atoms with Crippen molar-refractivity contribution in [1.82, 2.24) is 14.8 Å². The van der Waals surface area contributed by atoms with Gasteiger partial charge in [-0.1, -0.05) is 60.7 Å². The third-order valence-corrected chi connectivity index (χ3v) is 7.56. The fraction of sp³-hybridized carbons (Fsp3) is 0.243.